The number of allylic oxidation sites excluding steroid dienone is 4. The second-order valence-corrected chi connectivity index (χ2v) is 10.7. The van der Waals surface area contributed by atoms with E-state index in [1.54, 1.807) is 13.0 Å². The van der Waals surface area contributed by atoms with Crippen LogP contribution in [0.25, 0.3) is 0 Å². The van der Waals surface area contributed by atoms with Crippen molar-refractivity contribution in [3.05, 3.63) is 34.8 Å². The second kappa shape index (κ2) is 5.69. The van der Waals surface area contributed by atoms with Crippen LogP contribution in [0.2, 0.25) is 19.6 Å². The summed E-state index contributed by atoms with van der Waals surface area (Å²) in [5.41, 5.74) is 0.765. The van der Waals surface area contributed by atoms with E-state index < -0.39 is 8.07 Å². The minimum absolute atomic E-state index is 0.173. The molecule has 0 aromatic rings. The molecule has 0 unspecified atom stereocenters. The van der Waals surface area contributed by atoms with Gasteiger partial charge >= 0.3 is 0 Å². The fourth-order valence-corrected chi connectivity index (χ4v) is 3.93. The normalized spacial score (nSPS) is 19.0. The van der Waals surface area contributed by atoms with Crippen molar-refractivity contribution >= 4 is 19.6 Å². The zero-order valence-corrected chi connectivity index (χ0v) is 13.4. The molecule has 0 radical (unpaired) electrons. The van der Waals surface area contributed by atoms with Crippen molar-refractivity contribution in [3.63, 3.8) is 0 Å². The van der Waals surface area contributed by atoms with E-state index in [2.05, 4.69) is 26.2 Å². The molecule has 19 heavy (non-hydrogen) atoms. The average Bonchev–Trinajstić information content (AvgIpc) is 2.50. The molecule has 0 saturated carbocycles. The molecule has 1 aliphatic rings. The first-order valence-corrected chi connectivity index (χ1v) is 10.0. The lowest BCUT2D eigenvalue weighted by Crippen LogP contribution is -2.28. The second-order valence-electron chi connectivity index (χ2n) is 5.64. The molecule has 4 heteroatoms. The summed E-state index contributed by atoms with van der Waals surface area (Å²) in [5, 5.41) is 0.964. The quantitative estimate of drug-likeness (QED) is 0.336. The van der Waals surface area contributed by atoms with Crippen LogP contribution in [0.1, 0.15) is 20.3 Å². The lowest BCUT2D eigenvalue weighted by atomic mass is 10.1. The van der Waals surface area contributed by atoms with Crippen LogP contribution >= 0.6 is 0 Å². The van der Waals surface area contributed by atoms with E-state index in [1.165, 1.54) is 0 Å². The van der Waals surface area contributed by atoms with E-state index in [-0.39, 0.29) is 17.3 Å². The molecule has 0 aromatic carbocycles. The summed E-state index contributed by atoms with van der Waals surface area (Å²) in [6.45, 7) is 14.0. The molecule has 0 atom stereocenters. The van der Waals surface area contributed by atoms with Crippen LogP contribution in [-0.4, -0.2) is 26.2 Å². The molecule has 3 nitrogen and oxygen atoms in total. The van der Waals surface area contributed by atoms with Crippen LogP contribution in [0, 0.1) is 0 Å². The Morgan fingerprint density at radius 2 is 1.84 bits per heavy atom. The minimum Gasteiger partial charge on any atom is -0.489 e. The summed E-state index contributed by atoms with van der Waals surface area (Å²) in [7, 11) is -1.75. The lowest BCUT2D eigenvalue weighted by Gasteiger charge is -2.21. The van der Waals surface area contributed by atoms with Gasteiger partial charge in [0.1, 0.15) is 0 Å². The number of rotatable bonds is 5. The van der Waals surface area contributed by atoms with Crippen molar-refractivity contribution in [2.45, 2.75) is 39.9 Å². The van der Waals surface area contributed by atoms with Gasteiger partial charge in [-0.2, -0.15) is 0 Å². The molecule has 0 heterocycles. The number of Topliss-reactive ketones (excluding diaryl/α,β-unsaturated/α-hetero) is 2. The monoisotopic (exact) mass is 278 g/mol. The number of carbonyl (C=O) groups is 2. The fraction of sp³-hybridized carbons (Fsp3) is 0.467. The van der Waals surface area contributed by atoms with Gasteiger partial charge in [0.05, 0.1) is 20.3 Å². The van der Waals surface area contributed by atoms with Crippen molar-refractivity contribution in [3.8, 4) is 0 Å². The first-order valence-electron chi connectivity index (χ1n) is 6.53. The molecule has 104 valence electrons. The van der Waals surface area contributed by atoms with Crippen LogP contribution in [0.5, 0.6) is 0 Å². The summed E-state index contributed by atoms with van der Waals surface area (Å²) in [4.78, 5) is 24.7. The van der Waals surface area contributed by atoms with E-state index in [9.17, 15) is 9.59 Å². The van der Waals surface area contributed by atoms with Gasteiger partial charge in [0, 0.05) is 5.57 Å². The largest absolute Gasteiger partial charge is 0.489 e. The Kier molecular flexibility index (Phi) is 4.69. The lowest BCUT2D eigenvalue weighted by molar-refractivity contribution is -0.117. The van der Waals surface area contributed by atoms with Crippen molar-refractivity contribution in [2.75, 3.05) is 6.61 Å². The molecule has 0 fully saturated rings. The van der Waals surface area contributed by atoms with Gasteiger partial charge in [-0.3, -0.25) is 9.59 Å². The van der Waals surface area contributed by atoms with E-state index in [0.717, 1.165) is 5.20 Å². The highest BCUT2D eigenvalue weighted by Gasteiger charge is 2.39. The van der Waals surface area contributed by atoms with Crippen LogP contribution in [-0.2, 0) is 14.3 Å². The van der Waals surface area contributed by atoms with E-state index in [4.69, 9.17) is 4.74 Å². The number of carbonyl (C=O) groups excluding carboxylic acids is 2. The van der Waals surface area contributed by atoms with Crippen molar-refractivity contribution in [2.24, 2.45) is 0 Å². The van der Waals surface area contributed by atoms with E-state index in [0.29, 0.717) is 24.2 Å². The molecule has 0 N–H and O–H groups in total. The molecule has 1 aliphatic carbocycles. The van der Waals surface area contributed by atoms with Gasteiger partial charge in [-0.15, -0.1) is 6.58 Å². The molecular weight excluding hydrogens is 256 g/mol. The summed E-state index contributed by atoms with van der Waals surface area (Å²) >= 11 is 0. The highest BCUT2D eigenvalue weighted by Crippen LogP contribution is 2.32. The fourth-order valence-electron chi connectivity index (χ4n) is 2.20. The first kappa shape index (κ1) is 15.6. The maximum Gasteiger partial charge on any atom is 0.231 e. The first-order chi connectivity index (χ1) is 8.75. The third-order valence-corrected chi connectivity index (χ3v) is 5.45. The minimum atomic E-state index is -1.75. The SMILES string of the molecule is C=CC/C(=C1/C(=O)C(C)=C(OCC)C1=O)[Si](C)(C)C. The summed E-state index contributed by atoms with van der Waals surface area (Å²) in [6, 6.07) is 0. The standard InChI is InChI=1S/C15H22O3Si/c1-7-9-11(19(4,5)6)12-13(16)10(3)15(14(12)17)18-8-2/h7H,1,8-9H2,2-6H3/b12-11+. The third kappa shape index (κ3) is 2.95. The Morgan fingerprint density at radius 3 is 2.26 bits per heavy atom. The highest BCUT2D eigenvalue weighted by molar-refractivity contribution is 6.84. The molecule has 0 aliphatic heterocycles. The number of hydrogen-bond donors (Lipinski definition) is 0. The highest BCUT2D eigenvalue weighted by atomic mass is 28.3. The predicted octanol–water partition coefficient (Wildman–Crippen LogP) is 3.20. The predicted molar refractivity (Wildman–Crippen MR) is 79.5 cm³/mol. The van der Waals surface area contributed by atoms with Gasteiger partial charge < -0.3 is 4.74 Å². The van der Waals surface area contributed by atoms with Gasteiger partial charge in [0.25, 0.3) is 0 Å². The van der Waals surface area contributed by atoms with Gasteiger partial charge in [-0.1, -0.05) is 30.9 Å². The topological polar surface area (TPSA) is 43.4 Å². The number of ether oxygens (including phenoxy) is 1. The number of ketones is 2. The van der Waals surface area contributed by atoms with E-state index in [1.807, 2.05) is 6.92 Å². The molecule has 1 rings (SSSR count). The summed E-state index contributed by atoms with van der Waals surface area (Å²) < 4.78 is 5.33. The molecule has 0 bridgehead atoms. The molecule has 0 saturated heterocycles. The van der Waals surface area contributed by atoms with Gasteiger partial charge in [-0.25, -0.2) is 0 Å². The average molecular weight is 278 g/mol. The zero-order valence-electron chi connectivity index (χ0n) is 12.4. The van der Waals surface area contributed by atoms with Gasteiger partial charge in [0.2, 0.25) is 5.78 Å². The van der Waals surface area contributed by atoms with Crippen LogP contribution < -0.4 is 0 Å². The zero-order chi connectivity index (χ0) is 14.8. The molecule has 0 aromatic heterocycles. The Labute approximate surface area is 116 Å². The van der Waals surface area contributed by atoms with E-state index >= 15 is 0 Å². The number of hydrogen-bond acceptors (Lipinski definition) is 3. The molecule has 0 spiro atoms. The Hall–Kier alpha value is -1.42. The van der Waals surface area contributed by atoms with Crippen molar-refractivity contribution in [1.82, 2.24) is 0 Å². The summed E-state index contributed by atoms with van der Waals surface area (Å²) in [6.07, 6.45) is 2.35. The smallest absolute Gasteiger partial charge is 0.231 e. The van der Waals surface area contributed by atoms with Gasteiger partial charge in [0.15, 0.2) is 11.5 Å². The van der Waals surface area contributed by atoms with Crippen LogP contribution in [0.15, 0.2) is 34.8 Å². The maximum atomic E-state index is 12.4. The van der Waals surface area contributed by atoms with Crippen molar-refractivity contribution in [1.29, 1.82) is 0 Å². The molecule has 0 amide bonds. The van der Waals surface area contributed by atoms with Crippen molar-refractivity contribution < 1.29 is 14.3 Å². The summed E-state index contributed by atoms with van der Waals surface area (Å²) in [5.74, 6) is -0.196. The Morgan fingerprint density at radius 1 is 1.26 bits per heavy atom. The van der Waals surface area contributed by atoms with Crippen LogP contribution in [0.3, 0.4) is 0 Å². The Balaban J connectivity index is 3.40. The maximum absolute atomic E-state index is 12.4. The third-order valence-electron chi connectivity index (χ3n) is 3.19. The van der Waals surface area contributed by atoms with Crippen LogP contribution in [0.4, 0.5) is 0 Å². The van der Waals surface area contributed by atoms with Gasteiger partial charge in [-0.05, 0) is 20.3 Å². The Bertz CT molecular complexity index is 490. The molecular formula is C15H22O3Si.